The molecule has 1 atom stereocenters. The maximum Gasteiger partial charge on any atom is 0.241 e. The Balaban J connectivity index is 1.68. The van der Waals surface area contributed by atoms with Crippen LogP contribution in [0.25, 0.3) is 0 Å². The number of carbonyl (C=O) groups excluding carboxylic acids is 1. The number of rotatable bonds is 4. The SMILES string of the molecule is CC1Cc2ccccc2N1C(=O)CN(C)Cc1ccon1. The summed E-state index contributed by atoms with van der Waals surface area (Å²) in [7, 11) is 1.92. The van der Waals surface area contributed by atoms with Gasteiger partial charge in [-0.05, 0) is 32.0 Å². The predicted molar refractivity (Wildman–Crippen MR) is 79.9 cm³/mol. The molecule has 0 aliphatic carbocycles. The highest BCUT2D eigenvalue weighted by Crippen LogP contribution is 2.31. The Bertz CT molecular complexity index is 624. The van der Waals surface area contributed by atoms with Gasteiger partial charge in [0.25, 0.3) is 0 Å². The molecule has 0 bridgehead atoms. The van der Waals surface area contributed by atoms with Gasteiger partial charge < -0.3 is 9.42 Å². The molecule has 1 aliphatic rings. The van der Waals surface area contributed by atoms with Crippen LogP contribution < -0.4 is 4.90 Å². The lowest BCUT2D eigenvalue weighted by Crippen LogP contribution is -2.42. The van der Waals surface area contributed by atoms with E-state index in [4.69, 9.17) is 4.52 Å². The molecule has 1 unspecified atom stereocenters. The summed E-state index contributed by atoms with van der Waals surface area (Å²) in [6.45, 7) is 3.06. The van der Waals surface area contributed by atoms with Gasteiger partial charge in [-0.15, -0.1) is 0 Å². The lowest BCUT2D eigenvalue weighted by molar-refractivity contribution is -0.119. The second kappa shape index (κ2) is 5.69. The Morgan fingerprint density at radius 3 is 3.00 bits per heavy atom. The van der Waals surface area contributed by atoms with Gasteiger partial charge in [0.05, 0.1) is 12.2 Å². The molecular weight excluding hydrogens is 266 g/mol. The molecule has 0 fully saturated rings. The number of amides is 1. The first kappa shape index (κ1) is 13.8. The van der Waals surface area contributed by atoms with Crippen LogP contribution in [0.1, 0.15) is 18.2 Å². The third kappa shape index (κ3) is 2.83. The van der Waals surface area contributed by atoms with Gasteiger partial charge in [0, 0.05) is 24.3 Å². The van der Waals surface area contributed by atoms with E-state index >= 15 is 0 Å². The Labute approximate surface area is 124 Å². The average Bonchev–Trinajstić information content (AvgIpc) is 3.04. The van der Waals surface area contributed by atoms with Crippen LogP contribution in [0.3, 0.4) is 0 Å². The van der Waals surface area contributed by atoms with Crippen LogP contribution in [-0.4, -0.2) is 35.6 Å². The summed E-state index contributed by atoms with van der Waals surface area (Å²) < 4.78 is 4.81. The van der Waals surface area contributed by atoms with E-state index < -0.39 is 0 Å². The van der Waals surface area contributed by atoms with Crippen molar-refractivity contribution >= 4 is 11.6 Å². The molecule has 0 radical (unpaired) electrons. The highest BCUT2D eigenvalue weighted by Gasteiger charge is 2.30. The number of para-hydroxylation sites is 1. The van der Waals surface area contributed by atoms with Gasteiger partial charge in [0.2, 0.25) is 5.91 Å². The number of anilines is 1. The van der Waals surface area contributed by atoms with Gasteiger partial charge in [-0.3, -0.25) is 9.69 Å². The van der Waals surface area contributed by atoms with Gasteiger partial charge in [-0.2, -0.15) is 0 Å². The lowest BCUT2D eigenvalue weighted by Gasteiger charge is -2.25. The van der Waals surface area contributed by atoms with Crippen LogP contribution in [-0.2, 0) is 17.8 Å². The van der Waals surface area contributed by atoms with Crippen molar-refractivity contribution in [2.75, 3.05) is 18.5 Å². The highest BCUT2D eigenvalue weighted by molar-refractivity contribution is 5.97. The smallest absolute Gasteiger partial charge is 0.241 e. The standard InChI is InChI=1S/C16H19N3O2/c1-12-9-13-5-3-4-6-15(13)19(12)16(20)11-18(2)10-14-7-8-21-17-14/h3-8,12H,9-11H2,1-2H3. The Kier molecular flexibility index (Phi) is 3.75. The van der Waals surface area contributed by atoms with E-state index in [0.717, 1.165) is 17.8 Å². The van der Waals surface area contributed by atoms with Gasteiger partial charge in [-0.25, -0.2) is 0 Å². The largest absolute Gasteiger partial charge is 0.364 e. The minimum Gasteiger partial charge on any atom is -0.364 e. The molecule has 110 valence electrons. The molecule has 2 heterocycles. The first-order chi connectivity index (χ1) is 10.1. The van der Waals surface area contributed by atoms with Crippen LogP contribution in [0.2, 0.25) is 0 Å². The summed E-state index contributed by atoms with van der Waals surface area (Å²) in [6, 6.07) is 10.2. The number of carbonyl (C=O) groups is 1. The number of benzene rings is 1. The van der Waals surface area contributed by atoms with Crippen LogP contribution >= 0.6 is 0 Å². The fourth-order valence-electron chi connectivity index (χ4n) is 2.90. The molecule has 5 heteroatoms. The molecule has 1 aromatic heterocycles. The fraction of sp³-hybridized carbons (Fsp3) is 0.375. The molecule has 0 saturated heterocycles. The van der Waals surface area contributed by atoms with Gasteiger partial charge in [0.1, 0.15) is 6.26 Å². The van der Waals surface area contributed by atoms with Crippen molar-refractivity contribution in [1.29, 1.82) is 0 Å². The molecule has 1 aromatic carbocycles. The number of likely N-dealkylation sites (N-methyl/N-ethyl adjacent to an activating group) is 1. The third-order valence-corrected chi connectivity index (χ3v) is 3.80. The topological polar surface area (TPSA) is 49.6 Å². The highest BCUT2D eigenvalue weighted by atomic mass is 16.5. The first-order valence-electron chi connectivity index (χ1n) is 7.13. The monoisotopic (exact) mass is 285 g/mol. The van der Waals surface area contributed by atoms with Crippen LogP contribution in [0.5, 0.6) is 0 Å². The van der Waals surface area contributed by atoms with Crippen molar-refractivity contribution in [3.05, 3.63) is 47.9 Å². The van der Waals surface area contributed by atoms with E-state index in [1.54, 1.807) is 6.26 Å². The summed E-state index contributed by atoms with van der Waals surface area (Å²) in [5.41, 5.74) is 3.13. The fourth-order valence-corrected chi connectivity index (χ4v) is 2.90. The van der Waals surface area contributed by atoms with E-state index in [2.05, 4.69) is 18.1 Å². The van der Waals surface area contributed by atoms with Crippen molar-refractivity contribution in [3.63, 3.8) is 0 Å². The van der Waals surface area contributed by atoms with E-state index in [1.165, 1.54) is 5.56 Å². The van der Waals surface area contributed by atoms with Crippen molar-refractivity contribution < 1.29 is 9.32 Å². The zero-order valence-corrected chi connectivity index (χ0v) is 12.3. The Hall–Kier alpha value is -2.14. The van der Waals surface area contributed by atoms with Crippen molar-refractivity contribution in [2.45, 2.75) is 25.9 Å². The van der Waals surface area contributed by atoms with Crippen molar-refractivity contribution in [3.8, 4) is 0 Å². The zero-order chi connectivity index (χ0) is 14.8. The minimum atomic E-state index is 0.124. The molecule has 5 nitrogen and oxygen atoms in total. The molecular formula is C16H19N3O2. The summed E-state index contributed by atoms with van der Waals surface area (Å²) in [4.78, 5) is 16.5. The number of nitrogens with zero attached hydrogens (tertiary/aromatic N) is 3. The van der Waals surface area contributed by atoms with E-state index in [1.807, 2.05) is 41.1 Å². The third-order valence-electron chi connectivity index (χ3n) is 3.80. The van der Waals surface area contributed by atoms with Crippen molar-refractivity contribution in [2.24, 2.45) is 0 Å². The Morgan fingerprint density at radius 2 is 2.24 bits per heavy atom. The second-order valence-electron chi connectivity index (χ2n) is 5.61. The van der Waals surface area contributed by atoms with Crippen LogP contribution in [0.4, 0.5) is 5.69 Å². The van der Waals surface area contributed by atoms with Gasteiger partial charge in [0.15, 0.2) is 0 Å². The normalized spacial score (nSPS) is 17.3. The first-order valence-corrected chi connectivity index (χ1v) is 7.13. The number of hydrogen-bond donors (Lipinski definition) is 0. The Morgan fingerprint density at radius 1 is 1.43 bits per heavy atom. The molecule has 1 amide bonds. The maximum atomic E-state index is 12.6. The molecule has 0 N–H and O–H groups in total. The molecule has 1 aliphatic heterocycles. The van der Waals surface area contributed by atoms with E-state index in [-0.39, 0.29) is 11.9 Å². The number of hydrogen-bond acceptors (Lipinski definition) is 4. The van der Waals surface area contributed by atoms with Crippen LogP contribution in [0, 0.1) is 0 Å². The molecule has 2 aromatic rings. The molecule has 0 saturated carbocycles. The van der Waals surface area contributed by atoms with Gasteiger partial charge in [-0.1, -0.05) is 23.4 Å². The quantitative estimate of drug-likeness (QED) is 0.863. The van der Waals surface area contributed by atoms with Crippen LogP contribution in [0.15, 0.2) is 41.1 Å². The molecule has 0 spiro atoms. The summed E-state index contributed by atoms with van der Waals surface area (Å²) >= 11 is 0. The van der Waals surface area contributed by atoms with E-state index in [0.29, 0.717) is 13.1 Å². The zero-order valence-electron chi connectivity index (χ0n) is 12.3. The van der Waals surface area contributed by atoms with Gasteiger partial charge >= 0.3 is 0 Å². The summed E-state index contributed by atoms with van der Waals surface area (Å²) in [5.74, 6) is 0.124. The van der Waals surface area contributed by atoms with Crippen molar-refractivity contribution in [1.82, 2.24) is 10.1 Å². The lowest BCUT2D eigenvalue weighted by atomic mass is 10.1. The summed E-state index contributed by atoms with van der Waals surface area (Å²) in [5, 5.41) is 3.87. The number of aromatic nitrogens is 1. The van der Waals surface area contributed by atoms with E-state index in [9.17, 15) is 4.79 Å². The maximum absolute atomic E-state index is 12.6. The summed E-state index contributed by atoms with van der Waals surface area (Å²) in [6.07, 6.45) is 2.47. The second-order valence-corrected chi connectivity index (χ2v) is 5.61. The minimum absolute atomic E-state index is 0.124. The average molecular weight is 285 g/mol. The predicted octanol–water partition coefficient (Wildman–Crippen LogP) is 2.08. The number of fused-ring (bicyclic) bond motifs is 1. The molecule has 21 heavy (non-hydrogen) atoms. The molecule has 3 rings (SSSR count).